The smallest absolute Gasteiger partial charge is 0.252 e. The lowest BCUT2D eigenvalue weighted by molar-refractivity contribution is -0.163. The number of halogens is 2. The summed E-state index contributed by atoms with van der Waals surface area (Å²) in [5, 5.41) is 0.0433. The second-order valence-corrected chi connectivity index (χ2v) is 11.5. The number of carbonyl (C=O) groups is 1. The number of carbonyl (C=O) groups excluding carboxylic acids is 1. The molecule has 4 rings (SSSR count). The normalized spacial score (nSPS) is 21.6. The quantitative estimate of drug-likeness (QED) is 0.409. The lowest BCUT2D eigenvalue weighted by Gasteiger charge is -2.45. The number of para-hydroxylation sites is 1. The Balaban J connectivity index is 1.73. The first-order chi connectivity index (χ1) is 16.8. The van der Waals surface area contributed by atoms with Gasteiger partial charge in [-0.25, -0.2) is 12.8 Å². The summed E-state index contributed by atoms with van der Waals surface area (Å²) >= 11 is 6.08. The van der Waals surface area contributed by atoms with Crippen LogP contribution in [0.25, 0.3) is 0 Å². The minimum Gasteiger partial charge on any atom is -0.366 e. The largest absolute Gasteiger partial charge is 0.366 e. The Hall–Kier alpha value is -2.42. The third kappa shape index (κ3) is 5.39. The molecule has 2 aromatic rings. The molecule has 1 aliphatic heterocycles. The van der Waals surface area contributed by atoms with E-state index in [0.29, 0.717) is 30.7 Å². The van der Waals surface area contributed by atoms with Crippen molar-refractivity contribution in [1.82, 2.24) is 4.90 Å². The number of anilines is 1. The summed E-state index contributed by atoms with van der Waals surface area (Å²) in [6, 6.07) is 12.1. The fourth-order valence-corrected chi connectivity index (χ4v) is 6.54. The van der Waals surface area contributed by atoms with Crippen molar-refractivity contribution in [2.45, 2.75) is 56.0 Å². The van der Waals surface area contributed by atoms with Gasteiger partial charge in [-0.3, -0.25) is 9.10 Å². The number of rotatable bonds is 10. The number of morpholine rings is 1. The van der Waals surface area contributed by atoms with E-state index in [1.807, 2.05) is 19.1 Å². The summed E-state index contributed by atoms with van der Waals surface area (Å²) in [6.45, 7) is 5.83. The molecular weight excluding hydrogens is 491 g/mol. The Kier molecular flexibility index (Phi) is 7.83. The molecule has 2 aromatic carbocycles. The van der Waals surface area contributed by atoms with Gasteiger partial charge in [0.15, 0.2) is 0 Å². The minimum absolute atomic E-state index is 0.00393. The third-order valence-corrected chi connectivity index (χ3v) is 9.10. The molecule has 0 N–H and O–H groups in total. The molecule has 0 aromatic heterocycles. The lowest BCUT2D eigenvalue weighted by Crippen LogP contribution is -2.57. The van der Waals surface area contributed by atoms with Crippen LogP contribution in [0.3, 0.4) is 0 Å². The molecule has 1 heterocycles. The van der Waals surface area contributed by atoms with Gasteiger partial charge in [-0.1, -0.05) is 48.9 Å². The average Bonchev–Trinajstić information content (AvgIpc) is 3.69. The molecule has 9 heteroatoms. The molecule has 0 radical (unpaired) electrons. The molecule has 35 heavy (non-hydrogen) atoms. The van der Waals surface area contributed by atoms with Gasteiger partial charge in [0.25, 0.3) is 5.91 Å². The van der Waals surface area contributed by atoms with Crippen molar-refractivity contribution < 1.29 is 22.3 Å². The second-order valence-electron chi connectivity index (χ2n) is 8.95. The molecule has 0 spiro atoms. The molecule has 3 atom stereocenters. The van der Waals surface area contributed by atoms with E-state index in [1.165, 1.54) is 22.5 Å². The van der Waals surface area contributed by atoms with Gasteiger partial charge in [0.2, 0.25) is 10.0 Å². The first kappa shape index (κ1) is 25.7. The maximum absolute atomic E-state index is 14.8. The van der Waals surface area contributed by atoms with Crippen molar-refractivity contribution in [3.63, 3.8) is 0 Å². The summed E-state index contributed by atoms with van der Waals surface area (Å²) in [5.41, 5.74) is 0.838. The van der Waals surface area contributed by atoms with Crippen molar-refractivity contribution >= 4 is 33.2 Å². The Bertz CT molecular complexity index is 1170. The van der Waals surface area contributed by atoms with Crippen LogP contribution in [0.5, 0.6) is 0 Å². The van der Waals surface area contributed by atoms with Gasteiger partial charge in [0.1, 0.15) is 11.9 Å². The molecule has 188 valence electrons. The highest BCUT2D eigenvalue weighted by Crippen LogP contribution is 2.37. The average molecular weight is 521 g/mol. The van der Waals surface area contributed by atoms with Crippen LogP contribution in [-0.4, -0.2) is 49.8 Å². The number of ether oxygens (including phenoxy) is 1. The van der Waals surface area contributed by atoms with E-state index in [4.69, 9.17) is 16.3 Å². The topological polar surface area (TPSA) is 66.9 Å². The van der Waals surface area contributed by atoms with Gasteiger partial charge in [0.05, 0.1) is 36.2 Å². The molecule has 2 aliphatic rings. The van der Waals surface area contributed by atoms with E-state index < -0.39 is 39.3 Å². The summed E-state index contributed by atoms with van der Waals surface area (Å²) in [6.07, 6.45) is 2.85. The monoisotopic (exact) mass is 520 g/mol. The van der Waals surface area contributed by atoms with Crippen molar-refractivity contribution in [2.24, 2.45) is 0 Å². The first-order valence-electron chi connectivity index (χ1n) is 11.8. The molecule has 6 nitrogen and oxygen atoms in total. The van der Waals surface area contributed by atoms with Crippen LogP contribution in [0.1, 0.15) is 44.2 Å². The zero-order valence-corrected chi connectivity index (χ0v) is 21.2. The van der Waals surface area contributed by atoms with Gasteiger partial charge in [-0.2, -0.15) is 0 Å². The van der Waals surface area contributed by atoms with Crippen LogP contribution >= 0.6 is 11.6 Å². The summed E-state index contributed by atoms with van der Waals surface area (Å²) in [4.78, 5) is 15.4. The summed E-state index contributed by atoms with van der Waals surface area (Å²) < 4.78 is 48.7. The van der Waals surface area contributed by atoms with Crippen LogP contribution in [0, 0.1) is 5.82 Å². The lowest BCUT2D eigenvalue weighted by atomic mass is 9.98. The van der Waals surface area contributed by atoms with Crippen LogP contribution in [0.4, 0.5) is 10.1 Å². The third-order valence-electron chi connectivity index (χ3n) is 6.57. The van der Waals surface area contributed by atoms with E-state index in [2.05, 4.69) is 6.58 Å². The van der Waals surface area contributed by atoms with E-state index in [9.17, 15) is 17.6 Å². The molecular formula is C26H30ClFN2O4S. The van der Waals surface area contributed by atoms with E-state index in [0.717, 1.165) is 5.56 Å². The van der Waals surface area contributed by atoms with Crippen LogP contribution < -0.4 is 4.31 Å². The minimum atomic E-state index is -3.79. The SMILES string of the molecule is C=CC[C@H]1OC[C@@H](c2ccc(Cl)cc2)N([C@@H](CC)CN(c2ccccc2F)S(=O)(=O)C2CC2)C1=O. The van der Waals surface area contributed by atoms with Crippen molar-refractivity contribution in [1.29, 1.82) is 0 Å². The fourth-order valence-electron chi connectivity index (χ4n) is 4.52. The predicted molar refractivity (Wildman–Crippen MR) is 135 cm³/mol. The van der Waals surface area contributed by atoms with E-state index in [-0.39, 0.29) is 24.7 Å². The standard InChI is InChI=1S/C26H30ClFN2O4S/c1-3-7-25-26(31)30(24(17-34-25)18-10-12-19(27)13-11-18)20(4-2)16-29(35(32,33)21-14-15-21)23-9-6-5-8-22(23)28/h3,5-6,8-13,20-21,24-25H,1,4,7,14-17H2,2H3/t20-,24-,25+/m0/s1. The maximum Gasteiger partial charge on any atom is 0.252 e. The van der Waals surface area contributed by atoms with Gasteiger partial charge >= 0.3 is 0 Å². The zero-order chi connectivity index (χ0) is 25.2. The van der Waals surface area contributed by atoms with E-state index >= 15 is 0 Å². The van der Waals surface area contributed by atoms with Crippen molar-refractivity contribution in [2.75, 3.05) is 17.5 Å². The second kappa shape index (κ2) is 10.7. The Morgan fingerprint density at radius 3 is 2.51 bits per heavy atom. The van der Waals surface area contributed by atoms with Crippen LogP contribution in [0.2, 0.25) is 5.02 Å². The number of hydrogen-bond acceptors (Lipinski definition) is 4. The fraction of sp³-hybridized carbons (Fsp3) is 0.423. The van der Waals surface area contributed by atoms with Gasteiger partial charge in [-0.05, 0) is 49.1 Å². The van der Waals surface area contributed by atoms with E-state index in [1.54, 1.807) is 29.2 Å². The number of nitrogens with zero attached hydrogens (tertiary/aromatic N) is 2. The Morgan fingerprint density at radius 2 is 1.91 bits per heavy atom. The molecule has 2 fully saturated rings. The van der Waals surface area contributed by atoms with Crippen LogP contribution in [0.15, 0.2) is 61.2 Å². The number of benzene rings is 2. The highest BCUT2D eigenvalue weighted by molar-refractivity contribution is 7.93. The van der Waals surface area contributed by atoms with Gasteiger partial charge < -0.3 is 9.64 Å². The highest BCUT2D eigenvalue weighted by Gasteiger charge is 2.45. The molecule has 0 bridgehead atoms. The summed E-state index contributed by atoms with van der Waals surface area (Å²) in [7, 11) is -3.79. The van der Waals surface area contributed by atoms with Crippen molar-refractivity contribution in [3.05, 3.63) is 77.6 Å². The molecule has 1 saturated heterocycles. The Labute approximate surface area is 211 Å². The van der Waals surface area contributed by atoms with Gasteiger partial charge in [0, 0.05) is 11.4 Å². The number of amides is 1. The number of hydrogen-bond donors (Lipinski definition) is 0. The van der Waals surface area contributed by atoms with Crippen LogP contribution in [-0.2, 0) is 19.6 Å². The maximum atomic E-state index is 14.8. The molecule has 1 saturated carbocycles. The number of sulfonamides is 1. The molecule has 1 amide bonds. The molecule has 1 aliphatic carbocycles. The molecule has 0 unspecified atom stereocenters. The zero-order valence-electron chi connectivity index (χ0n) is 19.6. The highest BCUT2D eigenvalue weighted by atomic mass is 35.5. The summed E-state index contributed by atoms with van der Waals surface area (Å²) in [5.74, 6) is -0.848. The first-order valence-corrected chi connectivity index (χ1v) is 13.7. The van der Waals surface area contributed by atoms with Crippen molar-refractivity contribution in [3.8, 4) is 0 Å². The Morgan fingerprint density at radius 1 is 1.23 bits per heavy atom. The van der Waals surface area contributed by atoms with Gasteiger partial charge in [-0.15, -0.1) is 6.58 Å². The predicted octanol–water partition coefficient (Wildman–Crippen LogP) is 5.10.